The molecule has 0 fully saturated rings. The van der Waals surface area contributed by atoms with Gasteiger partial charge in [0, 0.05) is 13.1 Å². The van der Waals surface area contributed by atoms with Gasteiger partial charge in [0.25, 0.3) is 0 Å². The molecule has 0 aromatic carbocycles. The van der Waals surface area contributed by atoms with Gasteiger partial charge >= 0.3 is 0 Å². The Morgan fingerprint density at radius 3 is 2.82 bits per heavy atom. The van der Waals surface area contributed by atoms with E-state index in [4.69, 9.17) is 0 Å². The summed E-state index contributed by atoms with van der Waals surface area (Å²) in [5.41, 5.74) is 2.23. The van der Waals surface area contributed by atoms with Crippen LogP contribution in [-0.4, -0.2) is 61.8 Å². The Kier molecular flexibility index (Phi) is 5.62. The molecule has 0 saturated heterocycles. The van der Waals surface area contributed by atoms with Crippen molar-refractivity contribution in [3.8, 4) is 0 Å². The maximum absolute atomic E-state index is 9.46. The Bertz CT molecular complexity index is 318. The molecule has 1 N–H and O–H groups in total. The molecule has 1 atom stereocenters. The molecule has 0 aromatic rings. The van der Waals surface area contributed by atoms with E-state index < -0.39 is 0 Å². The van der Waals surface area contributed by atoms with E-state index in [1.54, 1.807) is 0 Å². The van der Waals surface area contributed by atoms with Crippen LogP contribution in [0.15, 0.2) is 36.0 Å². The Morgan fingerprint density at radius 1 is 1.53 bits per heavy atom. The summed E-state index contributed by atoms with van der Waals surface area (Å²) in [5, 5.41) is 9.46. The highest BCUT2D eigenvalue weighted by atomic mass is 16.3. The standard InChI is InChI=1S/C14H24N2O/c1-12-9-13(14(11-17)15(2)3)7-5-6-8-16(4)10-12/h5,7,9,14,17H,1,6,8,10-11H2,2-4H3/b7-5-,13-9+. The Labute approximate surface area is 105 Å². The van der Waals surface area contributed by atoms with Crippen LogP contribution in [0.2, 0.25) is 0 Å². The number of aliphatic hydroxyl groups excluding tert-OH is 1. The van der Waals surface area contributed by atoms with Gasteiger partial charge in [0.2, 0.25) is 0 Å². The fraction of sp³-hybridized carbons (Fsp3) is 0.571. The first kappa shape index (κ1) is 14.2. The molecule has 3 nitrogen and oxygen atoms in total. The number of nitrogens with zero attached hydrogens (tertiary/aromatic N) is 2. The summed E-state index contributed by atoms with van der Waals surface area (Å²) in [7, 11) is 6.07. The minimum Gasteiger partial charge on any atom is -0.394 e. The summed E-state index contributed by atoms with van der Waals surface area (Å²) in [4.78, 5) is 4.29. The summed E-state index contributed by atoms with van der Waals surface area (Å²) in [6.07, 6.45) is 7.42. The summed E-state index contributed by atoms with van der Waals surface area (Å²) < 4.78 is 0. The monoisotopic (exact) mass is 236 g/mol. The van der Waals surface area contributed by atoms with Gasteiger partial charge in [0.15, 0.2) is 0 Å². The van der Waals surface area contributed by atoms with Gasteiger partial charge in [-0.1, -0.05) is 24.8 Å². The highest BCUT2D eigenvalue weighted by Gasteiger charge is 2.14. The van der Waals surface area contributed by atoms with Gasteiger partial charge < -0.3 is 14.9 Å². The lowest BCUT2D eigenvalue weighted by Crippen LogP contribution is -2.32. The van der Waals surface area contributed by atoms with Crippen molar-refractivity contribution >= 4 is 0 Å². The van der Waals surface area contributed by atoms with Gasteiger partial charge in [-0.25, -0.2) is 0 Å². The summed E-state index contributed by atoms with van der Waals surface area (Å²) in [6.45, 7) is 6.14. The number of rotatable bonds is 3. The van der Waals surface area contributed by atoms with Crippen LogP contribution < -0.4 is 0 Å². The zero-order valence-corrected chi connectivity index (χ0v) is 11.2. The largest absolute Gasteiger partial charge is 0.394 e. The van der Waals surface area contributed by atoms with Crippen molar-refractivity contribution in [3.05, 3.63) is 36.0 Å². The fourth-order valence-electron chi connectivity index (χ4n) is 2.04. The van der Waals surface area contributed by atoms with E-state index >= 15 is 0 Å². The van der Waals surface area contributed by atoms with Crippen LogP contribution >= 0.6 is 0 Å². The van der Waals surface area contributed by atoms with E-state index in [-0.39, 0.29) is 12.6 Å². The summed E-state index contributed by atoms with van der Waals surface area (Å²) >= 11 is 0. The first-order valence-corrected chi connectivity index (χ1v) is 6.06. The molecule has 0 spiro atoms. The lowest BCUT2D eigenvalue weighted by atomic mass is 10.0. The molecular formula is C14H24N2O. The molecule has 0 saturated carbocycles. The lowest BCUT2D eigenvalue weighted by Gasteiger charge is -2.23. The molecule has 1 aliphatic heterocycles. The van der Waals surface area contributed by atoms with Crippen LogP contribution in [0.25, 0.3) is 0 Å². The van der Waals surface area contributed by atoms with E-state index in [1.807, 2.05) is 19.0 Å². The average molecular weight is 236 g/mol. The zero-order valence-electron chi connectivity index (χ0n) is 11.2. The topological polar surface area (TPSA) is 26.7 Å². The van der Waals surface area contributed by atoms with Crippen LogP contribution in [0.1, 0.15) is 6.42 Å². The third-order valence-electron chi connectivity index (χ3n) is 3.01. The van der Waals surface area contributed by atoms with Gasteiger partial charge in [-0.3, -0.25) is 0 Å². The zero-order chi connectivity index (χ0) is 12.8. The van der Waals surface area contributed by atoms with Crippen molar-refractivity contribution in [1.29, 1.82) is 0 Å². The number of hydrogen-bond donors (Lipinski definition) is 1. The lowest BCUT2D eigenvalue weighted by molar-refractivity contribution is 0.194. The SMILES string of the molecule is C=C1/C=C(C(CO)N(C)C)\C=C/CCN(C)C1. The first-order chi connectivity index (χ1) is 8.04. The Balaban J connectivity index is 2.92. The molecule has 0 amide bonds. The maximum atomic E-state index is 9.46. The molecule has 17 heavy (non-hydrogen) atoms. The number of hydrogen-bond acceptors (Lipinski definition) is 3. The van der Waals surface area contributed by atoms with E-state index in [1.165, 1.54) is 0 Å². The summed E-state index contributed by atoms with van der Waals surface area (Å²) in [6, 6.07) is 0.0476. The van der Waals surface area contributed by atoms with Crippen molar-refractivity contribution < 1.29 is 5.11 Å². The molecule has 96 valence electrons. The number of likely N-dealkylation sites (N-methyl/N-ethyl adjacent to an activating group) is 2. The van der Waals surface area contributed by atoms with Crippen molar-refractivity contribution in [1.82, 2.24) is 9.80 Å². The quantitative estimate of drug-likeness (QED) is 0.800. The Morgan fingerprint density at radius 2 is 2.24 bits per heavy atom. The second-order valence-corrected chi connectivity index (χ2v) is 4.89. The fourth-order valence-corrected chi connectivity index (χ4v) is 2.04. The first-order valence-electron chi connectivity index (χ1n) is 6.06. The van der Waals surface area contributed by atoms with E-state index in [2.05, 4.69) is 36.8 Å². The van der Waals surface area contributed by atoms with Crippen LogP contribution in [0.3, 0.4) is 0 Å². The van der Waals surface area contributed by atoms with Gasteiger partial charge in [-0.15, -0.1) is 0 Å². The Hall–Kier alpha value is -0.900. The van der Waals surface area contributed by atoms with E-state index in [0.29, 0.717) is 0 Å². The molecule has 1 aliphatic rings. The van der Waals surface area contributed by atoms with Crippen LogP contribution in [0.4, 0.5) is 0 Å². The molecule has 1 heterocycles. The van der Waals surface area contributed by atoms with Crippen molar-refractivity contribution in [2.75, 3.05) is 40.8 Å². The van der Waals surface area contributed by atoms with E-state index in [9.17, 15) is 5.11 Å². The van der Waals surface area contributed by atoms with E-state index in [0.717, 1.165) is 30.7 Å². The minimum atomic E-state index is 0.0476. The van der Waals surface area contributed by atoms with Crippen molar-refractivity contribution in [2.45, 2.75) is 12.5 Å². The summed E-state index contributed by atoms with van der Waals surface area (Å²) in [5.74, 6) is 0. The number of aliphatic hydroxyl groups is 1. The highest BCUT2D eigenvalue weighted by molar-refractivity contribution is 5.34. The van der Waals surface area contributed by atoms with Gasteiger partial charge in [0.1, 0.15) is 0 Å². The second-order valence-electron chi connectivity index (χ2n) is 4.89. The van der Waals surface area contributed by atoms with Crippen molar-refractivity contribution in [3.63, 3.8) is 0 Å². The smallest absolute Gasteiger partial charge is 0.0628 e. The third-order valence-corrected chi connectivity index (χ3v) is 3.01. The molecule has 0 bridgehead atoms. The predicted octanol–water partition coefficient (Wildman–Crippen LogP) is 1.28. The molecule has 1 unspecified atom stereocenters. The van der Waals surface area contributed by atoms with Crippen molar-refractivity contribution in [2.24, 2.45) is 0 Å². The van der Waals surface area contributed by atoms with Gasteiger partial charge in [-0.2, -0.15) is 0 Å². The molecule has 0 aliphatic carbocycles. The maximum Gasteiger partial charge on any atom is 0.0628 e. The van der Waals surface area contributed by atoms with Gasteiger partial charge in [0.05, 0.1) is 12.6 Å². The van der Waals surface area contributed by atoms with Gasteiger partial charge in [-0.05, 0) is 38.7 Å². The molecule has 1 rings (SSSR count). The highest BCUT2D eigenvalue weighted by Crippen LogP contribution is 2.14. The third kappa shape index (κ3) is 4.46. The molecule has 0 radical (unpaired) electrons. The molecule has 0 aromatic heterocycles. The molecular weight excluding hydrogens is 212 g/mol. The second kappa shape index (κ2) is 6.74. The van der Waals surface area contributed by atoms with Crippen LogP contribution in [-0.2, 0) is 0 Å². The minimum absolute atomic E-state index is 0.0476. The van der Waals surface area contributed by atoms with Crippen LogP contribution in [0, 0.1) is 0 Å². The normalized spacial score (nSPS) is 25.7. The predicted molar refractivity (Wildman–Crippen MR) is 73.0 cm³/mol. The van der Waals surface area contributed by atoms with Crippen LogP contribution in [0.5, 0.6) is 0 Å². The molecule has 3 heteroatoms. The average Bonchev–Trinajstić information content (AvgIpc) is 2.30.